The standard InChI is InChI=1S/C13H24N2O4/c1-6-18-9-10-11(16)14(5)7-8-15(10)12(17)19-13(2,3)4/h10H,6-9H2,1-5H3. The smallest absolute Gasteiger partial charge is 0.411 e. The number of rotatable bonds is 3. The largest absolute Gasteiger partial charge is 0.444 e. The number of nitrogens with zero attached hydrogens (tertiary/aromatic N) is 2. The molecule has 0 radical (unpaired) electrons. The maximum atomic E-state index is 12.1. The Kier molecular flexibility index (Phi) is 5.17. The van der Waals surface area contributed by atoms with Gasteiger partial charge in [0.2, 0.25) is 5.91 Å². The minimum Gasteiger partial charge on any atom is -0.444 e. The van der Waals surface area contributed by atoms with Crippen molar-refractivity contribution in [3.05, 3.63) is 0 Å². The lowest BCUT2D eigenvalue weighted by molar-refractivity contribution is -0.142. The molecule has 1 aliphatic heterocycles. The van der Waals surface area contributed by atoms with E-state index in [1.165, 1.54) is 4.90 Å². The van der Waals surface area contributed by atoms with E-state index in [9.17, 15) is 9.59 Å². The molecule has 1 rings (SSSR count). The molecule has 19 heavy (non-hydrogen) atoms. The van der Waals surface area contributed by atoms with Crippen molar-refractivity contribution < 1.29 is 19.1 Å². The molecule has 6 heteroatoms. The van der Waals surface area contributed by atoms with Gasteiger partial charge in [-0.1, -0.05) is 0 Å². The van der Waals surface area contributed by atoms with Crippen molar-refractivity contribution in [1.82, 2.24) is 9.80 Å². The SMILES string of the molecule is CCOCC1C(=O)N(C)CCN1C(=O)OC(C)(C)C. The van der Waals surface area contributed by atoms with Crippen LogP contribution in [0.4, 0.5) is 4.79 Å². The molecule has 1 atom stereocenters. The number of amides is 2. The zero-order valence-corrected chi connectivity index (χ0v) is 12.4. The summed E-state index contributed by atoms with van der Waals surface area (Å²) in [5, 5.41) is 0. The second-order valence-electron chi connectivity index (χ2n) is 5.61. The van der Waals surface area contributed by atoms with Gasteiger partial charge in [0.1, 0.15) is 11.6 Å². The van der Waals surface area contributed by atoms with E-state index < -0.39 is 17.7 Å². The average Bonchev–Trinajstić information content (AvgIpc) is 2.28. The van der Waals surface area contributed by atoms with Gasteiger partial charge < -0.3 is 14.4 Å². The molecule has 0 spiro atoms. The quantitative estimate of drug-likeness (QED) is 0.772. The molecule has 0 aromatic carbocycles. The van der Waals surface area contributed by atoms with Crippen LogP contribution in [0, 0.1) is 0 Å². The molecule has 1 aliphatic rings. The highest BCUT2D eigenvalue weighted by Crippen LogP contribution is 2.16. The first-order chi connectivity index (χ1) is 8.76. The Labute approximate surface area is 114 Å². The van der Waals surface area contributed by atoms with Crippen LogP contribution in [0.15, 0.2) is 0 Å². The fourth-order valence-corrected chi connectivity index (χ4v) is 1.84. The molecular weight excluding hydrogens is 248 g/mol. The van der Waals surface area contributed by atoms with Gasteiger partial charge in [-0.25, -0.2) is 4.79 Å². The zero-order chi connectivity index (χ0) is 14.6. The summed E-state index contributed by atoms with van der Waals surface area (Å²) in [5.41, 5.74) is -0.570. The van der Waals surface area contributed by atoms with E-state index in [0.717, 1.165) is 0 Å². The highest BCUT2D eigenvalue weighted by molar-refractivity contribution is 5.87. The number of hydrogen-bond donors (Lipinski definition) is 0. The maximum absolute atomic E-state index is 12.1. The van der Waals surface area contributed by atoms with Gasteiger partial charge in [0, 0.05) is 26.7 Å². The molecule has 1 fully saturated rings. The summed E-state index contributed by atoms with van der Waals surface area (Å²) in [5.74, 6) is -0.106. The number of carbonyl (C=O) groups is 2. The van der Waals surface area contributed by atoms with Crippen molar-refractivity contribution in [3.8, 4) is 0 Å². The zero-order valence-electron chi connectivity index (χ0n) is 12.4. The number of piperazine rings is 1. The lowest BCUT2D eigenvalue weighted by Gasteiger charge is -2.39. The van der Waals surface area contributed by atoms with Crippen LogP contribution in [-0.2, 0) is 14.3 Å². The van der Waals surface area contributed by atoms with E-state index in [0.29, 0.717) is 19.7 Å². The number of likely N-dealkylation sites (N-methyl/N-ethyl adjacent to an activating group) is 1. The third-order valence-electron chi connectivity index (χ3n) is 2.82. The predicted molar refractivity (Wildman–Crippen MR) is 70.9 cm³/mol. The molecule has 6 nitrogen and oxygen atoms in total. The van der Waals surface area contributed by atoms with Crippen LogP contribution >= 0.6 is 0 Å². The van der Waals surface area contributed by atoms with Crippen molar-refractivity contribution in [2.24, 2.45) is 0 Å². The van der Waals surface area contributed by atoms with Crippen molar-refractivity contribution in [1.29, 1.82) is 0 Å². The van der Waals surface area contributed by atoms with Gasteiger partial charge in [-0.05, 0) is 27.7 Å². The van der Waals surface area contributed by atoms with Gasteiger partial charge in [0.15, 0.2) is 0 Å². The lowest BCUT2D eigenvalue weighted by atomic mass is 10.1. The Morgan fingerprint density at radius 1 is 1.37 bits per heavy atom. The van der Waals surface area contributed by atoms with Crippen molar-refractivity contribution in [2.45, 2.75) is 39.3 Å². The highest BCUT2D eigenvalue weighted by Gasteiger charge is 2.38. The number of ether oxygens (including phenoxy) is 2. The Hall–Kier alpha value is -1.30. The summed E-state index contributed by atoms with van der Waals surface area (Å²) in [6.07, 6.45) is -0.460. The van der Waals surface area contributed by atoms with Crippen LogP contribution in [0.5, 0.6) is 0 Å². The van der Waals surface area contributed by atoms with Crippen LogP contribution in [0.1, 0.15) is 27.7 Å². The molecule has 0 aromatic rings. The van der Waals surface area contributed by atoms with E-state index in [4.69, 9.17) is 9.47 Å². The summed E-state index contributed by atoms with van der Waals surface area (Å²) in [7, 11) is 1.73. The molecule has 2 amide bonds. The molecule has 1 unspecified atom stereocenters. The summed E-state index contributed by atoms with van der Waals surface area (Å²) < 4.78 is 10.6. The molecule has 0 N–H and O–H groups in total. The van der Waals surface area contributed by atoms with E-state index in [-0.39, 0.29) is 12.5 Å². The van der Waals surface area contributed by atoms with E-state index in [1.54, 1.807) is 32.7 Å². The van der Waals surface area contributed by atoms with Crippen molar-refractivity contribution in [2.75, 3.05) is 33.4 Å². The van der Waals surface area contributed by atoms with Crippen LogP contribution in [0.2, 0.25) is 0 Å². The summed E-state index contributed by atoms with van der Waals surface area (Å²) >= 11 is 0. The Bertz CT molecular complexity index is 338. The molecule has 0 saturated carbocycles. The first kappa shape index (κ1) is 15.8. The normalized spacial score (nSPS) is 20.7. The highest BCUT2D eigenvalue weighted by atomic mass is 16.6. The predicted octanol–water partition coefficient (Wildman–Crippen LogP) is 1.10. The van der Waals surface area contributed by atoms with E-state index >= 15 is 0 Å². The first-order valence-corrected chi connectivity index (χ1v) is 6.58. The second-order valence-corrected chi connectivity index (χ2v) is 5.61. The van der Waals surface area contributed by atoms with Crippen LogP contribution in [0.3, 0.4) is 0 Å². The molecule has 0 bridgehead atoms. The van der Waals surface area contributed by atoms with Crippen LogP contribution in [0.25, 0.3) is 0 Å². The Morgan fingerprint density at radius 2 is 2.00 bits per heavy atom. The van der Waals surface area contributed by atoms with Crippen LogP contribution < -0.4 is 0 Å². The van der Waals surface area contributed by atoms with Gasteiger partial charge in [-0.15, -0.1) is 0 Å². The van der Waals surface area contributed by atoms with Gasteiger partial charge in [-0.3, -0.25) is 9.69 Å². The van der Waals surface area contributed by atoms with E-state index in [2.05, 4.69) is 0 Å². The summed E-state index contributed by atoms with van der Waals surface area (Å²) in [6, 6.07) is -0.589. The molecule has 1 saturated heterocycles. The van der Waals surface area contributed by atoms with Crippen LogP contribution in [-0.4, -0.2) is 66.8 Å². The molecule has 110 valence electrons. The summed E-state index contributed by atoms with van der Waals surface area (Å²) in [6.45, 7) is 8.97. The molecule has 0 aliphatic carbocycles. The first-order valence-electron chi connectivity index (χ1n) is 6.58. The minimum absolute atomic E-state index is 0.106. The van der Waals surface area contributed by atoms with Gasteiger partial charge >= 0.3 is 6.09 Å². The fourth-order valence-electron chi connectivity index (χ4n) is 1.84. The monoisotopic (exact) mass is 272 g/mol. The van der Waals surface area contributed by atoms with Gasteiger partial charge in [0.25, 0.3) is 0 Å². The number of hydrogen-bond acceptors (Lipinski definition) is 4. The maximum Gasteiger partial charge on any atom is 0.411 e. The fraction of sp³-hybridized carbons (Fsp3) is 0.846. The minimum atomic E-state index is -0.589. The Balaban J connectivity index is 2.77. The van der Waals surface area contributed by atoms with Gasteiger partial charge in [0.05, 0.1) is 6.61 Å². The lowest BCUT2D eigenvalue weighted by Crippen LogP contribution is -2.59. The molecular formula is C13H24N2O4. The van der Waals surface area contributed by atoms with Crippen molar-refractivity contribution in [3.63, 3.8) is 0 Å². The summed E-state index contributed by atoms with van der Waals surface area (Å²) in [4.78, 5) is 27.3. The van der Waals surface area contributed by atoms with Crippen molar-refractivity contribution >= 4 is 12.0 Å². The topological polar surface area (TPSA) is 59.1 Å². The second kappa shape index (κ2) is 6.23. The third-order valence-corrected chi connectivity index (χ3v) is 2.82. The average molecular weight is 272 g/mol. The van der Waals surface area contributed by atoms with Gasteiger partial charge in [-0.2, -0.15) is 0 Å². The third kappa shape index (κ3) is 4.38. The van der Waals surface area contributed by atoms with E-state index in [1.807, 2.05) is 6.92 Å². The molecule has 1 heterocycles. The number of carbonyl (C=O) groups excluding carboxylic acids is 2. The molecule has 0 aromatic heterocycles. The Morgan fingerprint density at radius 3 is 2.53 bits per heavy atom.